The lowest BCUT2D eigenvalue weighted by Gasteiger charge is -2.09. The van der Waals surface area contributed by atoms with Crippen LogP contribution in [0.5, 0.6) is 11.5 Å². The molecular formula is C15H11F2NO2. The molecule has 2 aromatic carbocycles. The van der Waals surface area contributed by atoms with Crippen molar-refractivity contribution in [3.63, 3.8) is 0 Å². The topological polar surface area (TPSA) is 42.2 Å². The number of nitrogens with zero attached hydrogens (tertiary/aromatic N) is 1. The van der Waals surface area contributed by atoms with Gasteiger partial charge >= 0.3 is 0 Å². The van der Waals surface area contributed by atoms with E-state index in [0.717, 1.165) is 0 Å². The highest BCUT2D eigenvalue weighted by Crippen LogP contribution is 2.23. The third-order valence-corrected chi connectivity index (χ3v) is 2.73. The zero-order chi connectivity index (χ0) is 14.5. The zero-order valence-electron chi connectivity index (χ0n) is 10.7. The van der Waals surface area contributed by atoms with E-state index in [0.29, 0.717) is 11.3 Å². The standard InChI is InChI=1S/C15H11F2NO2/c1-19-11-6-5-10(14(17)7-11)9-20-15-4-2-3-13(16)12(15)8-18/h2-7H,9H2,1H3. The number of nitriles is 1. The number of benzene rings is 2. The minimum Gasteiger partial charge on any atom is -0.497 e. The first-order valence-corrected chi connectivity index (χ1v) is 5.79. The molecule has 2 aromatic rings. The van der Waals surface area contributed by atoms with Crippen LogP contribution in [-0.2, 0) is 6.61 Å². The van der Waals surface area contributed by atoms with Gasteiger partial charge in [0.05, 0.1) is 7.11 Å². The van der Waals surface area contributed by atoms with Gasteiger partial charge in [-0.3, -0.25) is 0 Å². The Morgan fingerprint density at radius 2 is 1.95 bits per heavy atom. The summed E-state index contributed by atoms with van der Waals surface area (Å²) in [6.45, 7) is -0.103. The largest absolute Gasteiger partial charge is 0.497 e. The first kappa shape index (κ1) is 13.8. The van der Waals surface area contributed by atoms with Crippen LogP contribution in [0.3, 0.4) is 0 Å². The van der Waals surface area contributed by atoms with E-state index in [9.17, 15) is 8.78 Å². The number of halogens is 2. The first-order chi connectivity index (χ1) is 9.65. The van der Waals surface area contributed by atoms with Gasteiger partial charge in [-0.25, -0.2) is 8.78 Å². The predicted octanol–water partition coefficient (Wildman–Crippen LogP) is 3.42. The van der Waals surface area contributed by atoms with Gasteiger partial charge in [-0.05, 0) is 24.3 Å². The molecule has 0 fully saturated rings. The number of ether oxygens (including phenoxy) is 2. The van der Waals surface area contributed by atoms with Gasteiger partial charge in [0.25, 0.3) is 0 Å². The van der Waals surface area contributed by atoms with Crippen molar-refractivity contribution in [2.24, 2.45) is 0 Å². The maximum Gasteiger partial charge on any atom is 0.144 e. The van der Waals surface area contributed by atoms with Crippen LogP contribution in [0.2, 0.25) is 0 Å². The summed E-state index contributed by atoms with van der Waals surface area (Å²) in [6, 6.07) is 10.1. The molecule has 0 unspecified atom stereocenters. The summed E-state index contributed by atoms with van der Waals surface area (Å²) >= 11 is 0. The third kappa shape index (κ3) is 2.86. The Morgan fingerprint density at radius 3 is 2.60 bits per heavy atom. The molecule has 0 atom stereocenters. The fourth-order valence-corrected chi connectivity index (χ4v) is 1.66. The van der Waals surface area contributed by atoms with Gasteiger partial charge in [-0.15, -0.1) is 0 Å². The molecule has 0 aliphatic rings. The van der Waals surface area contributed by atoms with E-state index in [1.54, 1.807) is 12.1 Å². The van der Waals surface area contributed by atoms with Crippen molar-refractivity contribution in [3.8, 4) is 17.6 Å². The Hall–Kier alpha value is -2.61. The number of methoxy groups -OCH3 is 1. The molecule has 3 nitrogen and oxygen atoms in total. The van der Waals surface area contributed by atoms with Gasteiger partial charge in [-0.1, -0.05) is 6.07 Å². The van der Waals surface area contributed by atoms with Gasteiger partial charge in [0.1, 0.15) is 41.4 Å². The van der Waals surface area contributed by atoms with Crippen molar-refractivity contribution in [1.29, 1.82) is 5.26 Å². The molecule has 0 bridgehead atoms. The lowest BCUT2D eigenvalue weighted by molar-refractivity contribution is 0.296. The molecule has 0 aliphatic carbocycles. The minimum absolute atomic E-state index is 0.0859. The van der Waals surface area contributed by atoms with Crippen molar-refractivity contribution < 1.29 is 18.3 Å². The van der Waals surface area contributed by atoms with Crippen LogP contribution in [0, 0.1) is 23.0 Å². The molecule has 5 heteroatoms. The number of hydrogen-bond acceptors (Lipinski definition) is 3. The lowest BCUT2D eigenvalue weighted by atomic mass is 10.2. The second-order valence-corrected chi connectivity index (χ2v) is 3.97. The molecule has 0 saturated heterocycles. The maximum atomic E-state index is 13.7. The van der Waals surface area contributed by atoms with E-state index in [1.807, 2.05) is 0 Å². The Morgan fingerprint density at radius 1 is 1.15 bits per heavy atom. The smallest absolute Gasteiger partial charge is 0.144 e. The SMILES string of the molecule is COc1ccc(COc2cccc(F)c2C#N)c(F)c1. The average molecular weight is 275 g/mol. The average Bonchev–Trinajstić information content (AvgIpc) is 2.46. The van der Waals surface area contributed by atoms with Gasteiger partial charge in [0, 0.05) is 11.6 Å². The van der Waals surface area contributed by atoms with E-state index in [2.05, 4.69) is 0 Å². The van der Waals surface area contributed by atoms with Crippen LogP contribution in [0.1, 0.15) is 11.1 Å². The van der Waals surface area contributed by atoms with Crippen LogP contribution in [0.25, 0.3) is 0 Å². The molecule has 0 saturated carbocycles. The quantitative estimate of drug-likeness (QED) is 0.858. The monoisotopic (exact) mass is 275 g/mol. The molecule has 0 radical (unpaired) electrons. The summed E-state index contributed by atoms with van der Waals surface area (Å²) in [7, 11) is 1.44. The molecule has 0 heterocycles. The van der Waals surface area contributed by atoms with Crippen molar-refractivity contribution >= 4 is 0 Å². The third-order valence-electron chi connectivity index (χ3n) is 2.73. The van der Waals surface area contributed by atoms with E-state index < -0.39 is 11.6 Å². The summed E-state index contributed by atoms with van der Waals surface area (Å²) in [5, 5.41) is 8.86. The zero-order valence-corrected chi connectivity index (χ0v) is 10.7. The fraction of sp³-hybridized carbons (Fsp3) is 0.133. The molecule has 2 rings (SSSR count). The molecular weight excluding hydrogens is 264 g/mol. The number of rotatable bonds is 4. The maximum absolute atomic E-state index is 13.7. The van der Waals surface area contributed by atoms with Crippen LogP contribution >= 0.6 is 0 Å². The molecule has 0 amide bonds. The Balaban J connectivity index is 2.18. The summed E-state index contributed by atoms with van der Waals surface area (Å²) in [6.07, 6.45) is 0. The summed E-state index contributed by atoms with van der Waals surface area (Å²) in [4.78, 5) is 0. The van der Waals surface area contributed by atoms with Gasteiger partial charge in [0.2, 0.25) is 0 Å². The van der Waals surface area contributed by atoms with Crippen molar-refractivity contribution in [2.45, 2.75) is 6.61 Å². The molecule has 0 aliphatic heterocycles. The predicted molar refractivity (Wildman–Crippen MR) is 68.4 cm³/mol. The van der Waals surface area contributed by atoms with Crippen molar-refractivity contribution in [2.75, 3.05) is 7.11 Å². The highest BCUT2D eigenvalue weighted by atomic mass is 19.1. The van der Waals surface area contributed by atoms with E-state index in [1.165, 1.54) is 37.4 Å². The van der Waals surface area contributed by atoms with Crippen LogP contribution in [0.4, 0.5) is 8.78 Å². The highest BCUT2D eigenvalue weighted by molar-refractivity contribution is 5.44. The number of hydrogen-bond donors (Lipinski definition) is 0. The molecule has 20 heavy (non-hydrogen) atoms. The van der Waals surface area contributed by atoms with Crippen molar-refractivity contribution in [3.05, 3.63) is 59.2 Å². The molecule has 102 valence electrons. The Labute approximate surface area is 115 Å². The molecule has 0 spiro atoms. The van der Waals surface area contributed by atoms with Crippen LogP contribution in [-0.4, -0.2) is 7.11 Å². The molecule has 0 aromatic heterocycles. The van der Waals surface area contributed by atoms with Gasteiger partial charge < -0.3 is 9.47 Å². The summed E-state index contributed by atoms with van der Waals surface area (Å²) in [5.74, 6) is -0.670. The van der Waals surface area contributed by atoms with Gasteiger partial charge in [-0.2, -0.15) is 5.26 Å². The summed E-state index contributed by atoms with van der Waals surface area (Å²) < 4.78 is 37.3. The Kier molecular flexibility index (Phi) is 4.16. The second kappa shape index (κ2) is 6.02. The van der Waals surface area contributed by atoms with Crippen LogP contribution in [0.15, 0.2) is 36.4 Å². The van der Waals surface area contributed by atoms with E-state index in [-0.39, 0.29) is 17.9 Å². The normalized spacial score (nSPS) is 9.90. The fourth-order valence-electron chi connectivity index (χ4n) is 1.66. The highest BCUT2D eigenvalue weighted by Gasteiger charge is 2.10. The van der Waals surface area contributed by atoms with E-state index in [4.69, 9.17) is 14.7 Å². The second-order valence-electron chi connectivity index (χ2n) is 3.97. The summed E-state index contributed by atoms with van der Waals surface area (Å²) in [5.41, 5.74) is 0.0976. The first-order valence-electron chi connectivity index (χ1n) is 5.79. The Bertz CT molecular complexity index is 665. The minimum atomic E-state index is -0.666. The molecule has 0 N–H and O–H groups in total. The van der Waals surface area contributed by atoms with E-state index >= 15 is 0 Å². The van der Waals surface area contributed by atoms with Crippen LogP contribution < -0.4 is 9.47 Å². The van der Waals surface area contributed by atoms with Crippen molar-refractivity contribution in [1.82, 2.24) is 0 Å². The lowest BCUT2D eigenvalue weighted by Crippen LogP contribution is -2.01. The van der Waals surface area contributed by atoms with Gasteiger partial charge in [0.15, 0.2) is 0 Å².